The summed E-state index contributed by atoms with van der Waals surface area (Å²) in [5, 5.41) is 15.9. The lowest BCUT2D eigenvalue weighted by Crippen LogP contribution is -2.38. The number of carbonyl (C=O) groups excluding carboxylic acids is 2. The van der Waals surface area contributed by atoms with E-state index in [-0.39, 0.29) is 17.7 Å². The van der Waals surface area contributed by atoms with Crippen LogP contribution in [-0.4, -0.2) is 23.5 Å². The molecule has 154 valence electrons. The highest BCUT2D eigenvalue weighted by Crippen LogP contribution is 2.20. The van der Waals surface area contributed by atoms with Crippen molar-refractivity contribution in [3.63, 3.8) is 0 Å². The molecule has 0 unspecified atom stereocenters. The van der Waals surface area contributed by atoms with Gasteiger partial charge in [0.25, 0.3) is 11.8 Å². The smallest absolute Gasteiger partial charge is 0.255 e. The maximum atomic E-state index is 13.1. The predicted molar refractivity (Wildman–Crippen MR) is 109 cm³/mol. The van der Waals surface area contributed by atoms with Crippen molar-refractivity contribution in [3.8, 4) is 0 Å². The van der Waals surface area contributed by atoms with Crippen LogP contribution in [0.1, 0.15) is 33.2 Å². The topological polar surface area (TPSA) is 78.4 Å². The Morgan fingerprint density at radius 2 is 1.47 bits per heavy atom. The summed E-state index contributed by atoms with van der Waals surface area (Å²) in [6.07, 6.45) is 0. The first kappa shape index (κ1) is 21.1. The fourth-order valence-electron chi connectivity index (χ4n) is 2.81. The molecule has 3 rings (SSSR count). The van der Waals surface area contributed by atoms with E-state index < -0.39 is 29.0 Å². The lowest BCUT2D eigenvalue weighted by molar-refractivity contribution is 0.0526. The zero-order valence-corrected chi connectivity index (χ0v) is 16.2. The van der Waals surface area contributed by atoms with Gasteiger partial charge in [-0.05, 0) is 67.1 Å². The van der Waals surface area contributed by atoms with Crippen molar-refractivity contribution in [2.24, 2.45) is 0 Å². The lowest BCUT2D eigenvalue weighted by Gasteiger charge is -2.24. The molecule has 0 heterocycles. The van der Waals surface area contributed by atoms with E-state index >= 15 is 0 Å². The first-order valence-electron chi connectivity index (χ1n) is 9.18. The second-order valence-electron chi connectivity index (χ2n) is 7.01. The van der Waals surface area contributed by atoms with Gasteiger partial charge in [0.05, 0.1) is 6.54 Å². The van der Waals surface area contributed by atoms with E-state index in [4.69, 9.17) is 0 Å². The number of rotatable bonds is 6. The summed E-state index contributed by atoms with van der Waals surface area (Å²) in [6, 6.07) is 16.7. The Morgan fingerprint density at radius 3 is 2.10 bits per heavy atom. The number of hydrogen-bond acceptors (Lipinski definition) is 3. The van der Waals surface area contributed by atoms with Crippen LogP contribution in [0.4, 0.5) is 14.5 Å². The zero-order valence-electron chi connectivity index (χ0n) is 16.2. The summed E-state index contributed by atoms with van der Waals surface area (Å²) in [5.74, 6) is -1.75. The summed E-state index contributed by atoms with van der Waals surface area (Å²) in [4.78, 5) is 24.7. The van der Waals surface area contributed by atoms with Crippen LogP contribution in [0.15, 0.2) is 72.8 Å². The van der Waals surface area contributed by atoms with E-state index in [0.717, 1.165) is 0 Å². The number of halogens is 2. The molecule has 0 radical (unpaired) electrons. The molecular formula is C23H20F2N2O3. The Balaban J connectivity index is 1.64. The minimum atomic E-state index is -1.39. The first-order chi connectivity index (χ1) is 14.2. The van der Waals surface area contributed by atoms with Crippen LogP contribution in [0, 0.1) is 11.6 Å². The van der Waals surface area contributed by atoms with E-state index in [1.807, 2.05) is 0 Å². The quantitative estimate of drug-likeness (QED) is 0.578. The van der Waals surface area contributed by atoms with Gasteiger partial charge in [-0.2, -0.15) is 0 Å². The fraction of sp³-hybridized carbons (Fsp3) is 0.130. The van der Waals surface area contributed by atoms with E-state index in [9.17, 15) is 23.5 Å². The first-order valence-corrected chi connectivity index (χ1v) is 9.18. The predicted octanol–water partition coefficient (Wildman–Crippen LogP) is 3.85. The van der Waals surface area contributed by atoms with Crippen molar-refractivity contribution >= 4 is 17.5 Å². The highest BCUT2D eigenvalue weighted by molar-refractivity contribution is 6.05. The van der Waals surface area contributed by atoms with Gasteiger partial charge in [0.2, 0.25) is 0 Å². The molecule has 0 aliphatic heterocycles. The van der Waals surface area contributed by atoms with Crippen molar-refractivity contribution in [1.29, 1.82) is 0 Å². The standard InChI is InChI=1S/C23H20F2N2O3/c1-23(30,17-7-11-19(25)12-8-17)14-26-21(28)16-3-2-4-20(13-16)27-22(29)15-5-9-18(24)10-6-15/h2-13,30H,14H2,1H3,(H,26,28)(H,27,29)/t23-/m0/s1. The van der Waals surface area contributed by atoms with Crippen LogP contribution in [0.25, 0.3) is 0 Å². The fourth-order valence-corrected chi connectivity index (χ4v) is 2.81. The summed E-state index contributed by atoms with van der Waals surface area (Å²) >= 11 is 0. The zero-order chi connectivity index (χ0) is 21.7. The molecule has 0 saturated carbocycles. The molecule has 0 aliphatic rings. The molecule has 3 N–H and O–H groups in total. The SMILES string of the molecule is C[C@](O)(CNC(=O)c1cccc(NC(=O)c2ccc(F)cc2)c1)c1ccc(F)cc1. The number of anilines is 1. The van der Waals surface area contributed by atoms with Gasteiger partial charge in [-0.25, -0.2) is 8.78 Å². The third-order valence-electron chi connectivity index (χ3n) is 4.55. The third kappa shape index (κ3) is 5.27. The van der Waals surface area contributed by atoms with Crippen LogP contribution < -0.4 is 10.6 Å². The number of carbonyl (C=O) groups is 2. The van der Waals surface area contributed by atoms with Crippen molar-refractivity contribution < 1.29 is 23.5 Å². The van der Waals surface area contributed by atoms with E-state index in [2.05, 4.69) is 10.6 Å². The average Bonchev–Trinajstić information content (AvgIpc) is 2.73. The van der Waals surface area contributed by atoms with Crippen LogP contribution >= 0.6 is 0 Å². The van der Waals surface area contributed by atoms with Gasteiger partial charge >= 0.3 is 0 Å². The Bertz CT molecular complexity index is 1050. The summed E-state index contributed by atoms with van der Waals surface area (Å²) in [5.41, 5.74) is 0.0211. The molecular weight excluding hydrogens is 390 g/mol. The number of nitrogens with one attached hydrogen (secondary N) is 2. The molecule has 3 aromatic carbocycles. The molecule has 1 atom stereocenters. The molecule has 30 heavy (non-hydrogen) atoms. The van der Waals surface area contributed by atoms with Crippen molar-refractivity contribution in [1.82, 2.24) is 5.32 Å². The molecule has 0 bridgehead atoms. The second-order valence-corrected chi connectivity index (χ2v) is 7.01. The Hall–Kier alpha value is -3.58. The van der Waals surface area contributed by atoms with E-state index in [1.165, 1.54) is 61.5 Å². The highest BCUT2D eigenvalue weighted by Gasteiger charge is 2.24. The Labute approximate surface area is 172 Å². The minimum Gasteiger partial charge on any atom is -0.384 e. The molecule has 0 aliphatic carbocycles. The van der Waals surface area contributed by atoms with E-state index in [1.54, 1.807) is 18.2 Å². The molecule has 5 nitrogen and oxygen atoms in total. The minimum absolute atomic E-state index is 0.0936. The third-order valence-corrected chi connectivity index (χ3v) is 4.55. The summed E-state index contributed by atoms with van der Waals surface area (Å²) in [7, 11) is 0. The Kier molecular flexibility index (Phi) is 6.23. The van der Waals surface area contributed by atoms with Crippen molar-refractivity contribution in [3.05, 3.63) is 101 Å². The summed E-state index contributed by atoms with van der Waals surface area (Å²) in [6.45, 7) is 1.42. The second kappa shape index (κ2) is 8.84. The molecule has 3 aromatic rings. The number of amides is 2. The number of aliphatic hydroxyl groups is 1. The van der Waals surface area contributed by atoms with Crippen molar-refractivity contribution in [2.75, 3.05) is 11.9 Å². The van der Waals surface area contributed by atoms with Crippen LogP contribution in [-0.2, 0) is 5.60 Å². The van der Waals surface area contributed by atoms with Gasteiger partial charge in [0.15, 0.2) is 0 Å². The van der Waals surface area contributed by atoms with Gasteiger partial charge in [0.1, 0.15) is 17.2 Å². The van der Waals surface area contributed by atoms with Gasteiger partial charge in [-0.1, -0.05) is 18.2 Å². The normalized spacial score (nSPS) is 12.7. The van der Waals surface area contributed by atoms with Gasteiger partial charge < -0.3 is 15.7 Å². The highest BCUT2D eigenvalue weighted by atomic mass is 19.1. The van der Waals surface area contributed by atoms with Gasteiger partial charge in [0, 0.05) is 16.8 Å². The monoisotopic (exact) mass is 410 g/mol. The van der Waals surface area contributed by atoms with Crippen LogP contribution in [0.3, 0.4) is 0 Å². The summed E-state index contributed by atoms with van der Waals surface area (Å²) < 4.78 is 26.1. The Morgan fingerprint density at radius 1 is 0.867 bits per heavy atom. The lowest BCUT2D eigenvalue weighted by atomic mass is 9.96. The largest absolute Gasteiger partial charge is 0.384 e. The number of benzene rings is 3. The molecule has 2 amide bonds. The molecule has 0 saturated heterocycles. The maximum Gasteiger partial charge on any atom is 0.255 e. The number of hydrogen-bond donors (Lipinski definition) is 3. The maximum absolute atomic E-state index is 13.1. The molecule has 0 spiro atoms. The molecule has 7 heteroatoms. The van der Waals surface area contributed by atoms with Crippen LogP contribution in [0.5, 0.6) is 0 Å². The van der Waals surface area contributed by atoms with Gasteiger partial charge in [-0.15, -0.1) is 0 Å². The van der Waals surface area contributed by atoms with E-state index in [0.29, 0.717) is 11.3 Å². The average molecular weight is 410 g/mol. The van der Waals surface area contributed by atoms with Crippen molar-refractivity contribution in [2.45, 2.75) is 12.5 Å². The molecule has 0 fully saturated rings. The van der Waals surface area contributed by atoms with Gasteiger partial charge in [-0.3, -0.25) is 9.59 Å². The molecule has 0 aromatic heterocycles. The van der Waals surface area contributed by atoms with Crippen LogP contribution in [0.2, 0.25) is 0 Å².